The number of carbonyl (C=O) groups excluding carboxylic acids is 1. The van der Waals surface area contributed by atoms with Gasteiger partial charge in [-0.15, -0.1) is 32.3 Å². The third-order valence-corrected chi connectivity index (χ3v) is 7.29. The van der Waals surface area contributed by atoms with Gasteiger partial charge in [0, 0.05) is 12.2 Å². The highest BCUT2D eigenvalue weighted by Crippen LogP contribution is 2.43. The molecular formula is C32H30F6N2O5. The number of nitrogens with zero attached hydrogens (tertiary/aromatic N) is 1. The number of amides is 1. The number of ether oxygens (including phenoxy) is 3. The van der Waals surface area contributed by atoms with E-state index in [-0.39, 0.29) is 17.7 Å². The van der Waals surface area contributed by atoms with Crippen LogP contribution < -0.4 is 14.8 Å². The number of aliphatic hydroxyl groups is 1. The molecule has 0 aliphatic carbocycles. The fourth-order valence-electron chi connectivity index (χ4n) is 5.25. The van der Waals surface area contributed by atoms with Crippen molar-refractivity contribution in [2.75, 3.05) is 25.0 Å². The molecule has 1 heterocycles. The number of alkyl halides is 6. The Kier molecular flexibility index (Phi) is 10.5. The van der Waals surface area contributed by atoms with E-state index in [1.165, 1.54) is 24.3 Å². The van der Waals surface area contributed by atoms with Crippen molar-refractivity contribution >= 4 is 11.8 Å². The lowest BCUT2D eigenvalue weighted by Gasteiger charge is -2.42. The Labute approximate surface area is 255 Å². The van der Waals surface area contributed by atoms with E-state index in [2.05, 4.69) is 31.5 Å². The molecule has 1 saturated heterocycles. The van der Waals surface area contributed by atoms with Crippen LogP contribution in [0.3, 0.4) is 0 Å². The lowest BCUT2D eigenvalue weighted by Crippen LogP contribution is -2.44. The van der Waals surface area contributed by atoms with E-state index in [9.17, 15) is 36.2 Å². The first-order valence-corrected chi connectivity index (χ1v) is 13.8. The van der Waals surface area contributed by atoms with Crippen LogP contribution in [-0.4, -0.2) is 48.5 Å². The van der Waals surface area contributed by atoms with Crippen LogP contribution in [0.15, 0.2) is 72.8 Å². The van der Waals surface area contributed by atoms with E-state index in [1.807, 2.05) is 12.1 Å². The quantitative estimate of drug-likeness (QED) is 0.191. The second kappa shape index (κ2) is 14.1. The zero-order valence-electron chi connectivity index (χ0n) is 24.0. The Morgan fingerprint density at radius 2 is 1.33 bits per heavy atom. The van der Waals surface area contributed by atoms with Gasteiger partial charge in [-0.3, -0.25) is 10.2 Å². The van der Waals surface area contributed by atoms with Crippen molar-refractivity contribution in [2.45, 2.75) is 44.6 Å². The molecule has 0 atom stereocenters. The molecule has 7 nitrogen and oxygen atoms in total. The first kappa shape index (κ1) is 33.5. The second-order valence-electron chi connectivity index (χ2n) is 10.3. The van der Waals surface area contributed by atoms with Crippen molar-refractivity contribution in [2.24, 2.45) is 5.92 Å². The largest absolute Gasteiger partial charge is 0.573 e. The summed E-state index contributed by atoms with van der Waals surface area (Å²) in [5, 5.41) is 14.8. The maximum absolute atomic E-state index is 12.7. The lowest BCUT2D eigenvalue weighted by atomic mass is 9.72. The zero-order valence-corrected chi connectivity index (χ0v) is 24.0. The fourth-order valence-corrected chi connectivity index (χ4v) is 5.25. The average molecular weight is 637 g/mol. The third-order valence-electron chi connectivity index (χ3n) is 7.29. The zero-order chi connectivity index (χ0) is 32.7. The van der Waals surface area contributed by atoms with Gasteiger partial charge in [-0.25, -0.2) is 4.79 Å². The van der Waals surface area contributed by atoms with E-state index in [1.54, 1.807) is 19.1 Å². The molecule has 1 amide bonds. The molecular weight excluding hydrogens is 606 g/mol. The van der Waals surface area contributed by atoms with Gasteiger partial charge in [0.2, 0.25) is 0 Å². The number of piperidine rings is 1. The first-order valence-electron chi connectivity index (χ1n) is 13.8. The smallest absolute Gasteiger partial charge is 0.436 e. The highest BCUT2D eigenvalue weighted by atomic mass is 19.4. The Bertz CT molecular complexity index is 1410. The molecule has 4 rings (SSSR count). The van der Waals surface area contributed by atoms with E-state index < -0.39 is 41.8 Å². The first-order chi connectivity index (χ1) is 21.2. The van der Waals surface area contributed by atoms with Gasteiger partial charge in [0.05, 0.1) is 0 Å². The molecule has 0 radical (unpaired) electrons. The van der Waals surface area contributed by atoms with Gasteiger partial charge in [0.1, 0.15) is 17.1 Å². The van der Waals surface area contributed by atoms with Crippen LogP contribution in [-0.2, 0) is 16.9 Å². The van der Waals surface area contributed by atoms with Crippen LogP contribution in [0.25, 0.3) is 0 Å². The summed E-state index contributed by atoms with van der Waals surface area (Å²) in [6.45, 7) is 3.32. The van der Waals surface area contributed by atoms with Crippen LogP contribution in [0.2, 0.25) is 0 Å². The van der Waals surface area contributed by atoms with Crippen molar-refractivity contribution in [1.29, 1.82) is 0 Å². The van der Waals surface area contributed by atoms with Crippen molar-refractivity contribution in [3.63, 3.8) is 0 Å². The van der Waals surface area contributed by atoms with Crippen molar-refractivity contribution < 1.29 is 50.5 Å². The van der Waals surface area contributed by atoms with Crippen molar-refractivity contribution in [3.8, 4) is 23.3 Å². The number of carbonyl (C=O) groups is 1. The molecule has 0 spiro atoms. The minimum Gasteiger partial charge on any atom is -0.436 e. The van der Waals surface area contributed by atoms with Gasteiger partial charge in [-0.1, -0.05) is 42.3 Å². The maximum Gasteiger partial charge on any atom is 0.573 e. The second-order valence-corrected chi connectivity index (χ2v) is 10.3. The molecule has 240 valence electrons. The topological polar surface area (TPSA) is 80.3 Å². The predicted octanol–water partition coefficient (Wildman–Crippen LogP) is 7.20. The lowest BCUT2D eigenvalue weighted by molar-refractivity contribution is -0.275. The molecule has 0 saturated carbocycles. The molecule has 45 heavy (non-hydrogen) atoms. The number of benzene rings is 3. The summed E-state index contributed by atoms with van der Waals surface area (Å²) in [6.07, 6.45) is -9.46. The molecule has 0 aromatic heterocycles. The van der Waals surface area contributed by atoms with Gasteiger partial charge in [-0.2, -0.15) is 0 Å². The summed E-state index contributed by atoms with van der Waals surface area (Å²) in [5.74, 6) is 3.89. The number of nitrogens with one attached hydrogen (secondary N) is 1. The van der Waals surface area contributed by atoms with E-state index in [0.29, 0.717) is 38.2 Å². The summed E-state index contributed by atoms with van der Waals surface area (Å²) < 4.78 is 89.1. The number of anilines is 1. The third kappa shape index (κ3) is 9.54. The van der Waals surface area contributed by atoms with Crippen LogP contribution in [0.1, 0.15) is 36.5 Å². The number of hydrogen-bond acceptors (Lipinski definition) is 6. The fraction of sp³-hybridized carbons (Fsp3) is 0.344. The Morgan fingerprint density at radius 1 is 0.844 bits per heavy atom. The monoisotopic (exact) mass is 636 g/mol. The SMILES string of the molecule is CC#CCOC(=O)Nc1ccc(CN2CCC(C(O)(c3ccc(OC(F)(F)F)cc3)c3ccc(OC(F)(F)F)cc3)CC2)cc1. The van der Waals surface area contributed by atoms with Gasteiger partial charge < -0.3 is 19.3 Å². The van der Waals surface area contributed by atoms with Gasteiger partial charge >= 0.3 is 18.8 Å². The van der Waals surface area contributed by atoms with Crippen LogP contribution in [0.4, 0.5) is 36.8 Å². The van der Waals surface area contributed by atoms with Crippen LogP contribution >= 0.6 is 0 Å². The summed E-state index contributed by atoms with van der Waals surface area (Å²) in [5.41, 5.74) is 0.325. The van der Waals surface area contributed by atoms with E-state index in [0.717, 1.165) is 29.8 Å². The molecule has 1 fully saturated rings. The molecule has 1 aliphatic rings. The number of rotatable bonds is 9. The Hall–Kier alpha value is -4.41. The van der Waals surface area contributed by atoms with Gasteiger partial charge in [-0.05, 0) is 91.9 Å². The number of likely N-dealkylation sites (tertiary alicyclic amines) is 1. The summed E-state index contributed by atoms with van der Waals surface area (Å²) in [6, 6.07) is 16.8. The normalized spacial score (nSPS) is 14.7. The summed E-state index contributed by atoms with van der Waals surface area (Å²) in [7, 11) is 0. The van der Waals surface area contributed by atoms with Crippen LogP contribution in [0, 0.1) is 17.8 Å². The molecule has 1 aliphatic heterocycles. The van der Waals surface area contributed by atoms with Crippen molar-refractivity contribution in [1.82, 2.24) is 4.90 Å². The average Bonchev–Trinajstić information content (AvgIpc) is 2.97. The molecule has 0 bridgehead atoms. The molecule has 13 heteroatoms. The van der Waals surface area contributed by atoms with Crippen molar-refractivity contribution in [3.05, 3.63) is 89.5 Å². The number of halogens is 6. The van der Waals surface area contributed by atoms with Gasteiger partial charge in [0.15, 0.2) is 6.61 Å². The highest BCUT2D eigenvalue weighted by molar-refractivity contribution is 5.84. The predicted molar refractivity (Wildman–Crippen MR) is 152 cm³/mol. The van der Waals surface area contributed by atoms with E-state index in [4.69, 9.17) is 4.74 Å². The maximum atomic E-state index is 12.7. The molecule has 3 aromatic rings. The summed E-state index contributed by atoms with van der Waals surface area (Å²) in [4.78, 5) is 14.0. The molecule has 0 unspecified atom stereocenters. The molecule has 2 N–H and O–H groups in total. The number of hydrogen-bond donors (Lipinski definition) is 2. The minimum absolute atomic E-state index is 0.0128. The van der Waals surface area contributed by atoms with E-state index >= 15 is 0 Å². The minimum atomic E-state index is -4.90. The molecule has 3 aromatic carbocycles. The summed E-state index contributed by atoms with van der Waals surface area (Å²) >= 11 is 0. The standard InChI is InChI=1S/C32H30F6N2O5/c1-2-3-20-43-29(41)39-26-10-4-22(5-11-26)21-40-18-16-25(17-19-40)30(42,23-6-12-27(13-7-23)44-31(33,34)35)24-8-14-28(15-9-24)45-32(36,37)38/h4-15,25,42H,16-21H2,1H3,(H,39,41). The Balaban J connectivity index is 1.47. The Morgan fingerprint density at radius 3 is 1.78 bits per heavy atom. The highest BCUT2D eigenvalue weighted by Gasteiger charge is 2.42. The van der Waals surface area contributed by atoms with Crippen LogP contribution in [0.5, 0.6) is 11.5 Å². The van der Waals surface area contributed by atoms with Gasteiger partial charge in [0.25, 0.3) is 0 Å².